The molecule has 0 aliphatic rings. The van der Waals surface area contributed by atoms with E-state index in [1.807, 2.05) is 0 Å². The topological polar surface area (TPSA) is 86.8 Å². The number of rotatable bonds is 10. The Balaban J connectivity index is 2.16. The molecule has 13 heteroatoms. The molecule has 0 fully saturated rings. The lowest BCUT2D eigenvalue weighted by atomic mass is 10.1. The van der Waals surface area contributed by atoms with Crippen LogP contribution < -0.4 is 9.62 Å². The predicted octanol–water partition coefficient (Wildman–Crippen LogP) is 7.24. The first-order valence-corrected chi connectivity index (χ1v) is 15.8. The molecule has 3 rings (SSSR count). The van der Waals surface area contributed by atoms with Gasteiger partial charge in [-0.2, -0.15) is 13.2 Å². The second kappa shape index (κ2) is 13.8. The second-order valence-electron chi connectivity index (χ2n) is 11.3. The number of halogens is 5. The van der Waals surface area contributed by atoms with Gasteiger partial charge < -0.3 is 10.2 Å². The zero-order valence-corrected chi connectivity index (χ0v) is 27.2. The summed E-state index contributed by atoms with van der Waals surface area (Å²) in [5.74, 6) is -1.28. The Hall–Kier alpha value is -3.28. The van der Waals surface area contributed by atoms with Crippen LogP contribution in [-0.4, -0.2) is 43.3 Å². The Bertz CT molecular complexity index is 1590. The summed E-state index contributed by atoms with van der Waals surface area (Å²) in [7, 11) is -4.58. The van der Waals surface area contributed by atoms with Crippen LogP contribution in [0.15, 0.2) is 71.6 Å². The molecule has 0 spiro atoms. The average Bonchev–Trinajstić information content (AvgIpc) is 2.91. The van der Waals surface area contributed by atoms with Gasteiger partial charge in [-0.05, 0) is 82.1 Å². The predicted molar refractivity (Wildman–Crippen MR) is 166 cm³/mol. The molecular weight excluding hydrogens is 638 g/mol. The van der Waals surface area contributed by atoms with Crippen molar-refractivity contribution in [2.75, 3.05) is 10.8 Å². The smallest absolute Gasteiger partial charge is 0.350 e. The van der Waals surface area contributed by atoms with Crippen molar-refractivity contribution in [1.29, 1.82) is 0 Å². The number of nitrogens with one attached hydrogen (secondary N) is 1. The van der Waals surface area contributed by atoms with Crippen molar-refractivity contribution in [1.82, 2.24) is 10.2 Å². The molecule has 238 valence electrons. The number of nitrogens with zero attached hydrogens (tertiary/aromatic N) is 2. The number of anilines is 1. The SMILES string of the molecule is CC[C@H](C(=O)NC(C)(C)C)N(Cc1ccc(Cl)cc1)C(=O)CN(c1ccc(Cl)c(C(F)(F)F)c1)S(=O)(=O)c1ccc(C)cc1. The van der Waals surface area contributed by atoms with Crippen LogP contribution in [0.25, 0.3) is 0 Å². The van der Waals surface area contributed by atoms with Gasteiger partial charge in [-0.25, -0.2) is 8.42 Å². The van der Waals surface area contributed by atoms with Crippen LogP contribution in [0.4, 0.5) is 18.9 Å². The third kappa shape index (κ3) is 8.89. The third-order valence-electron chi connectivity index (χ3n) is 6.58. The van der Waals surface area contributed by atoms with Gasteiger partial charge in [0.05, 0.1) is 21.2 Å². The summed E-state index contributed by atoms with van der Waals surface area (Å²) < 4.78 is 69.9. The monoisotopic (exact) mass is 671 g/mol. The minimum Gasteiger partial charge on any atom is -0.350 e. The van der Waals surface area contributed by atoms with Crippen LogP contribution in [0.5, 0.6) is 0 Å². The van der Waals surface area contributed by atoms with Crippen LogP contribution >= 0.6 is 23.2 Å². The van der Waals surface area contributed by atoms with Crippen LogP contribution in [0.1, 0.15) is 50.8 Å². The molecule has 0 bridgehead atoms. The minimum atomic E-state index is -4.89. The van der Waals surface area contributed by atoms with E-state index in [2.05, 4.69) is 5.32 Å². The van der Waals surface area contributed by atoms with E-state index in [1.165, 1.54) is 29.2 Å². The average molecular weight is 673 g/mol. The van der Waals surface area contributed by atoms with E-state index >= 15 is 0 Å². The van der Waals surface area contributed by atoms with Crippen molar-refractivity contribution in [2.45, 2.75) is 70.2 Å². The standard InChI is InChI=1S/C31H34Cl2F3N3O4S/c1-6-27(29(41)37-30(3,4)5)38(18-21-9-11-22(32)12-10-21)28(40)19-39(44(42,43)24-14-7-20(2)8-15-24)23-13-16-26(33)25(17-23)31(34,35)36/h7-17,27H,6,18-19H2,1-5H3,(H,37,41)/t27-/m1/s1. The molecule has 2 amide bonds. The molecule has 7 nitrogen and oxygen atoms in total. The maximum atomic E-state index is 14.1. The highest BCUT2D eigenvalue weighted by Gasteiger charge is 2.37. The molecule has 0 radical (unpaired) electrons. The van der Waals surface area contributed by atoms with Gasteiger partial charge in [-0.15, -0.1) is 0 Å². The molecule has 0 aliphatic heterocycles. The lowest BCUT2D eigenvalue weighted by Crippen LogP contribution is -2.55. The van der Waals surface area contributed by atoms with Crippen LogP contribution in [-0.2, 0) is 32.3 Å². The molecule has 0 heterocycles. The molecule has 0 saturated carbocycles. The summed E-state index contributed by atoms with van der Waals surface area (Å²) in [6.07, 6.45) is -4.72. The molecule has 0 aliphatic carbocycles. The summed E-state index contributed by atoms with van der Waals surface area (Å²) in [4.78, 5) is 28.5. The highest BCUT2D eigenvalue weighted by molar-refractivity contribution is 7.92. The first-order chi connectivity index (χ1) is 20.3. The van der Waals surface area contributed by atoms with Crippen molar-refractivity contribution in [3.05, 3.63) is 93.5 Å². The molecule has 3 aromatic carbocycles. The van der Waals surface area contributed by atoms with E-state index in [0.717, 1.165) is 17.7 Å². The summed E-state index contributed by atoms with van der Waals surface area (Å²) in [6, 6.07) is 13.8. The Kier molecular flexibility index (Phi) is 11.0. The Morgan fingerprint density at radius 1 is 0.932 bits per heavy atom. The lowest BCUT2D eigenvalue weighted by Gasteiger charge is -2.35. The normalized spacial score (nSPS) is 12.9. The fourth-order valence-corrected chi connectivity index (χ4v) is 6.17. The minimum absolute atomic E-state index is 0.0983. The van der Waals surface area contributed by atoms with Crippen molar-refractivity contribution in [2.24, 2.45) is 0 Å². The number of amides is 2. The van der Waals surface area contributed by atoms with Crippen molar-refractivity contribution in [3.8, 4) is 0 Å². The number of carbonyl (C=O) groups excluding carboxylic acids is 2. The van der Waals surface area contributed by atoms with Gasteiger partial charge in [0.2, 0.25) is 11.8 Å². The maximum absolute atomic E-state index is 14.1. The number of hydrogen-bond acceptors (Lipinski definition) is 4. The molecule has 44 heavy (non-hydrogen) atoms. The van der Waals surface area contributed by atoms with Gasteiger partial charge in [0.25, 0.3) is 10.0 Å². The van der Waals surface area contributed by atoms with Crippen LogP contribution in [0.3, 0.4) is 0 Å². The molecule has 1 N–H and O–H groups in total. The van der Waals surface area contributed by atoms with Gasteiger partial charge in [-0.1, -0.05) is 60.0 Å². The number of sulfonamides is 1. The third-order valence-corrected chi connectivity index (χ3v) is 8.95. The van der Waals surface area contributed by atoms with Crippen molar-refractivity contribution in [3.63, 3.8) is 0 Å². The van der Waals surface area contributed by atoms with Gasteiger partial charge in [-0.3, -0.25) is 13.9 Å². The van der Waals surface area contributed by atoms with Gasteiger partial charge >= 0.3 is 6.18 Å². The second-order valence-corrected chi connectivity index (χ2v) is 14.0. The van der Waals surface area contributed by atoms with E-state index in [4.69, 9.17) is 23.2 Å². The number of hydrogen-bond donors (Lipinski definition) is 1. The largest absolute Gasteiger partial charge is 0.417 e. The van der Waals surface area contributed by atoms with Crippen molar-refractivity contribution < 1.29 is 31.2 Å². The number of alkyl halides is 3. The molecule has 3 aromatic rings. The summed E-state index contributed by atoms with van der Waals surface area (Å²) in [5.41, 5.74) is -0.972. The first-order valence-electron chi connectivity index (χ1n) is 13.7. The van der Waals surface area contributed by atoms with Crippen molar-refractivity contribution >= 4 is 50.7 Å². The van der Waals surface area contributed by atoms with E-state index in [-0.39, 0.29) is 17.9 Å². The molecular formula is C31H34Cl2F3N3O4S. The van der Waals surface area contributed by atoms with Gasteiger partial charge in [0.15, 0.2) is 0 Å². The van der Waals surface area contributed by atoms with E-state index < -0.39 is 62.4 Å². The molecule has 1 atom stereocenters. The number of benzene rings is 3. The van der Waals surface area contributed by atoms with Crippen LogP contribution in [0, 0.1) is 6.92 Å². The van der Waals surface area contributed by atoms with Gasteiger partial charge in [0, 0.05) is 17.1 Å². The van der Waals surface area contributed by atoms with E-state index in [0.29, 0.717) is 21.0 Å². The summed E-state index contributed by atoms with van der Waals surface area (Å²) in [5, 5.41) is 2.67. The molecule has 0 saturated heterocycles. The van der Waals surface area contributed by atoms with Crippen LogP contribution in [0.2, 0.25) is 10.0 Å². The Morgan fingerprint density at radius 3 is 2.05 bits per heavy atom. The Labute approximate surface area is 266 Å². The quantitative estimate of drug-likeness (QED) is 0.246. The fraction of sp³-hybridized carbons (Fsp3) is 0.355. The van der Waals surface area contributed by atoms with Gasteiger partial charge in [0.1, 0.15) is 12.6 Å². The number of carbonyl (C=O) groups is 2. The fourth-order valence-electron chi connectivity index (χ4n) is 4.41. The van der Waals surface area contributed by atoms with E-state index in [1.54, 1.807) is 58.9 Å². The van der Waals surface area contributed by atoms with E-state index in [9.17, 15) is 31.2 Å². The number of aryl methyl sites for hydroxylation is 1. The zero-order valence-electron chi connectivity index (χ0n) is 24.9. The zero-order chi connectivity index (χ0) is 33.0. The highest BCUT2D eigenvalue weighted by atomic mass is 35.5. The Morgan fingerprint density at radius 2 is 1.52 bits per heavy atom. The summed E-state index contributed by atoms with van der Waals surface area (Å²) >= 11 is 11.8. The molecule has 0 unspecified atom stereocenters. The highest BCUT2D eigenvalue weighted by Crippen LogP contribution is 2.38. The lowest BCUT2D eigenvalue weighted by molar-refractivity contribution is -0.141. The maximum Gasteiger partial charge on any atom is 0.417 e. The molecule has 0 aromatic heterocycles. The first kappa shape index (κ1) is 35.2. The summed E-state index contributed by atoms with van der Waals surface area (Å²) in [6.45, 7) is 7.77.